The molecule has 1 aromatic heterocycles. The second kappa shape index (κ2) is 6.12. The highest BCUT2D eigenvalue weighted by Gasteiger charge is 2.18. The summed E-state index contributed by atoms with van der Waals surface area (Å²) in [5.74, 6) is -0.226. The van der Waals surface area contributed by atoms with E-state index in [0.717, 1.165) is 10.6 Å². The molecule has 0 aliphatic heterocycles. The molecule has 0 saturated heterocycles. The summed E-state index contributed by atoms with van der Waals surface area (Å²) in [7, 11) is 0. The highest BCUT2D eigenvalue weighted by atomic mass is 16.6. The van der Waals surface area contributed by atoms with Gasteiger partial charge in [-0.2, -0.15) is 0 Å². The van der Waals surface area contributed by atoms with E-state index in [1.165, 1.54) is 6.07 Å². The van der Waals surface area contributed by atoms with E-state index in [9.17, 15) is 19.7 Å². The summed E-state index contributed by atoms with van der Waals surface area (Å²) >= 11 is 0. The predicted octanol–water partition coefficient (Wildman–Crippen LogP) is 0.933. The van der Waals surface area contributed by atoms with Crippen molar-refractivity contribution in [1.29, 1.82) is 0 Å². The first-order valence-electron chi connectivity index (χ1n) is 6.04. The molecule has 1 heterocycles. The molecule has 7 nitrogen and oxygen atoms in total. The molecular formula is C12H17N3O4. The SMILES string of the molecule is CCN(CC)C(=O)Cn1c(C)ccc([N+](=O)[O-])c1=O. The van der Waals surface area contributed by atoms with Gasteiger partial charge in [-0.1, -0.05) is 0 Å². The van der Waals surface area contributed by atoms with Crippen molar-refractivity contribution in [3.63, 3.8) is 0 Å². The second-order valence-electron chi connectivity index (χ2n) is 4.07. The van der Waals surface area contributed by atoms with E-state index in [4.69, 9.17) is 0 Å². The zero-order chi connectivity index (χ0) is 14.6. The lowest BCUT2D eigenvalue weighted by Gasteiger charge is -2.19. The number of aryl methyl sites for hydroxylation is 1. The van der Waals surface area contributed by atoms with Gasteiger partial charge in [-0.25, -0.2) is 0 Å². The van der Waals surface area contributed by atoms with Gasteiger partial charge in [0.2, 0.25) is 5.91 Å². The molecule has 7 heteroatoms. The number of hydrogen-bond acceptors (Lipinski definition) is 4. The highest BCUT2D eigenvalue weighted by Crippen LogP contribution is 2.06. The van der Waals surface area contributed by atoms with Crippen LogP contribution in [0.3, 0.4) is 0 Å². The lowest BCUT2D eigenvalue weighted by Crippen LogP contribution is -2.37. The second-order valence-corrected chi connectivity index (χ2v) is 4.07. The van der Waals surface area contributed by atoms with Crippen LogP contribution in [0, 0.1) is 17.0 Å². The first-order valence-corrected chi connectivity index (χ1v) is 6.04. The monoisotopic (exact) mass is 267 g/mol. The van der Waals surface area contributed by atoms with E-state index in [0.29, 0.717) is 18.8 Å². The van der Waals surface area contributed by atoms with Crippen LogP contribution in [0.4, 0.5) is 5.69 Å². The fourth-order valence-corrected chi connectivity index (χ4v) is 1.81. The molecule has 19 heavy (non-hydrogen) atoms. The molecule has 0 unspecified atom stereocenters. The van der Waals surface area contributed by atoms with E-state index in [1.54, 1.807) is 11.8 Å². The minimum absolute atomic E-state index is 0.173. The molecule has 0 aliphatic carbocycles. The molecule has 0 N–H and O–H groups in total. The molecule has 1 aromatic rings. The third-order valence-electron chi connectivity index (χ3n) is 2.98. The summed E-state index contributed by atoms with van der Waals surface area (Å²) in [4.78, 5) is 35.4. The third-order valence-corrected chi connectivity index (χ3v) is 2.98. The number of aromatic nitrogens is 1. The van der Waals surface area contributed by atoms with Crippen molar-refractivity contribution in [3.05, 3.63) is 38.3 Å². The molecule has 0 aromatic carbocycles. The summed E-state index contributed by atoms with van der Waals surface area (Å²) < 4.78 is 1.14. The lowest BCUT2D eigenvalue weighted by molar-refractivity contribution is -0.386. The lowest BCUT2D eigenvalue weighted by atomic mass is 10.3. The van der Waals surface area contributed by atoms with Crippen LogP contribution in [0.5, 0.6) is 0 Å². The van der Waals surface area contributed by atoms with E-state index in [-0.39, 0.29) is 12.5 Å². The van der Waals surface area contributed by atoms with Gasteiger partial charge in [0.25, 0.3) is 0 Å². The standard InChI is InChI=1S/C12H17N3O4/c1-4-13(5-2)11(16)8-14-9(3)6-7-10(12(14)17)15(18)19/h6-7H,4-5,8H2,1-3H3. The minimum atomic E-state index is -0.745. The number of hydrogen-bond donors (Lipinski definition) is 0. The van der Waals surface area contributed by atoms with E-state index in [2.05, 4.69) is 0 Å². The molecule has 104 valence electrons. The maximum Gasteiger partial charge on any atom is 0.334 e. The molecule has 0 saturated carbocycles. The minimum Gasteiger partial charge on any atom is -0.342 e. The largest absolute Gasteiger partial charge is 0.342 e. The normalized spacial score (nSPS) is 10.3. The number of amides is 1. The van der Waals surface area contributed by atoms with Crippen LogP contribution in [-0.2, 0) is 11.3 Å². The van der Waals surface area contributed by atoms with Crippen molar-refractivity contribution in [2.45, 2.75) is 27.3 Å². The predicted molar refractivity (Wildman–Crippen MR) is 70.0 cm³/mol. The molecule has 0 bridgehead atoms. The average Bonchev–Trinajstić information content (AvgIpc) is 2.35. The van der Waals surface area contributed by atoms with Gasteiger partial charge in [-0.15, -0.1) is 0 Å². The number of rotatable bonds is 5. The first kappa shape index (κ1) is 14.9. The van der Waals surface area contributed by atoms with Crippen molar-refractivity contribution >= 4 is 11.6 Å². The molecular weight excluding hydrogens is 250 g/mol. The molecule has 0 atom stereocenters. The van der Waals surface area contributed by atoms with Crippen LogP contribution < -0.4 is 5.56 Å². The quantitative estimate of drug-likeness (QED) is 0.586. The van der Waals surface area contributed by atoms with Gasteiger partial charge in [-0.05, 0) is 26.8 Å². The van der Waals surface area contributed by atoms with Crippen molar-refractivity contribution in [2.75, 3.05) is 13.1 Å². The number of nitro groups is 1. The Bertz CT molecular complexity index is 546. The summed E-state index contributed by atoms with van der Waals surface area (Å²) in [6, 6.07) is 2.63. The zero-order valence-corrected chi connectivity index (χ0v) is 11.3. The highest BCUT2D eigenvalue weighted by molar-refractivity contribution is 5.76. The fraction of sp³-hybridized carbons (Fsp3) is 0.500. The average molecular weight is 267 g/mol. The third kappa shape index (κ3) is 3.18. The van der Waals surface area contributed by atoms with Crippen molar-refractivity contribution in [3.8, 4) is 0 Å². The van der Waals surface area contributed by atoms with Crippen molar-refractivity contribution < 1.29 is 9.72 Å². The summed E-state index contributed by atoms with van der Waals surface area (Å²) in [6.45, 7) is 6.22. The maximum atomic E-state index is 12.0. The van der Waals surface area contributed by atoms with Crippen LogP contribution >= 0.6 is 0 Å². The van der Waals surface area contributed by atoms with E-state index in [1.807, 2.05) is 13.8 Å². The Hall–Kier alpha value is -2.18. The number of pyridine rings is 1. The van der Waals surface area contributed by atoms with Crippen LogP contribution in [-0.4, -0.2) is 33.4 Å². The smallest absolute Gasteiger partial charge is 0.334 e. The van der Waals surface area contributed by atoms with Gasteiger partial charge in [0.05, 0.1) is 4.92 Å². The van der Waals surface area contributed by atoms with Gasteiger partial charge < -0.3 is 4.90 Å². The number of carbonyl (C=O) groups excluding carboxylic acids is 1. The summed E-state index contributed by atoms with van der Waals surface area (Å²) in [5, 5.41) is 10.7. The number of likely N-dealkylation sites (N-methyl/N-ethyl adjacent to an activating group) is 1. The summed E-state index contributed by atoms with van der Waals surface area (Å²) in [6.07, 6.45) is 0. The van der Waals surface area contributed by atoms with Gasteiger partial charge in [-0.3, -0.25) is 24.3 Å². The Kier molecular flexibility index (Phi) is 4.80. The van der Waals surface area contributed by atoms with Crippen LogP contribution in [0.2, 0.25) is 0 Å². The molecule has 0 fully saturated rings. The number of nitrogens with zero attached hydrogens (tertiary/aromatic N) is 3. The topological polar surface area (TPSA) is 85.4 Å². The Morgan fingerprint density at radius 1 is 1.37 bits per heavy atom. The van der Waals surface area contributed by atoms with E-state index >= 15 is 0 Å². The maximum absolute atomic E-state index is 12.0. The Morgan fingerprint density at radius 3 is 2.42 bits per heavy atom. The van der Waals surface area contributed by atoms with Crippen molar-refractivity contribution in [1.82, 2.24) is 9.47 Å². The fourth-order valence-electron chi connectivity index (χ4n) is 1.81. The Morgan fingerprint density at radius 2 is 1.95 bits per heavy atom. The Labute approximate surface area is 110 Å². The van der Waals surface area contributed by atoms with Gasteiger partial charge in [0.15, 0.2) is 0 Å². The molecule has 0 radical (unpaired) electrons. The molecule has 1 rings (SSSR count). The van der Waals surface area contributed by atoms with Gasteiger partial charge >= 0.3 is 11.2 Å². The van der Waals surface area contributed by atoms with Gasteiger partial charge in [0.1, 0.15) is 6.54 Å². The Balaban J connectivity index is 3.14. The first-order chi connectivity index (χ1) is 8.92. The van der Waals surface area contributed by atoms with Crippen molar-refractivity contribution in [2.24, 2.45) is 0 Å². The molecule has 1 amide bonds. The van der Waals surface area contributed by atoms with Crippen LogP contribution in [0.1, 0.15) is 19.5 Å². The van der Waals surface area contributed by atoms with Gasteiger partial charge in [0, 0.05) is 24.8 Å². The van der Waals surface area contributed by atoms with Crippen LogP contribution in [0.15, 0.2) is 16.9 Å². The zero-order valence-electron chi connectivity index (χ0n) is 11.3. The van der Waals surface area contributed by atoms with E-state index < -0.39 is 16.2 Å². The van der Waals surface area contributed by atoms with Crippen LogP contribution in [0.25, 0.3) is 0 Å². The number of carbonyl (C=O) groups is 1. The summed E-state index contributed by atoms with van der Waals surface area (Å²) in [5.41, 5.74) is -0.737. The molecule has 0 aliphatic rings. The molecule has 0 spiro atoms.